The average molecular weight is 303 g/mol. The number of aliphatic hydroxyl groups excluding tert-OH is 1. The van der Waals surface area contributed by atoms with Gasteiger partial charge in [-0.3, -0.25) is 0 Å². The third kappa shape index (κ3) is 3.72. The summed E-state index contributed by atoms with van der Waals surface area (Å²) >= 11 is 1.64. The SMILES string of the molecule is Cc1cc(C)c(CC(O)c2csc(C(C)(C)C)n2)c(C)c1. The van der Waals surface area contributed by atoms with Gasteiger partial charge < -0.3 is 5.11 Å². The Bertz CT molecular complexity index is 614. The number of thiazole rings is 1. The van der Waals surface area contributed by atoms with Crippen LogP contribution >= 0.6 is 11.3 Å². The Balaban J connectivity index is 2.22. The first-order chi connectivity index (χ1) is 9.68. The molecule has 1 atom stereocenters. The summed E-state index contributed by atoms with van der Waals surface area (Å²) in [5.41, 5.74) is 5.84. The lowest BCUT2D eigenvalue weighted by Gasteiger charge is -2.16. The molecule has 1 aromatic carbocycles. The Kier molecular flexibility index (Phi) is 4.54. The number of benzene rings is 1. The molecule has 0 aliphatic heterocycles. The van der Waals surface area contributed by atoms with Gasteiger partial charge in [0.15, 0.2) is 0 Å². The smallest absolute Gasteiger partial charge is 0.101 e. The van der Waals surface area contributed by atoms with E-state index in [1.165, 1.54) is 22.3 Å². The largest absolute Gasteiger partial charge is 0.386 e. The standard InChI is InChI=1S/C18H25NOS/c1-11-7-12(2)14(13(3)8-11)9-16(20)15-10-21-17(19-15)18(4,5)6/h7-8,10,16,20H,9H2,1-6H3. The monoisotopic (exact) mass is 303 g/mol. The van der Waals surface area contributed by atoms with E-state index in [2.05, 4.69) is 58.7 Å². The van der Waals surface area contributed by atoms with Crippen LogP contribution < -0.4 is 0 Å². The number of hydrogen-bond donors (Lipinski definition) is 1. The molecule has 0 spiro atoms. The van der Waals surface area contributed by atoms with Crippen LogP contribution in [0.4, 0.5) is 0 Å². The van der Waals surface area contributed by atoms with Gasteiger partial charge in [-0.1, -0.05) is 38.5 Å². The molecule has 21 heavy (non-hydrogen) atoms. The summed E-state index contributed by atoms with van der Waals surface area (Å²) in [4.78, 5) is 4.62. The Labute approximate surface area is 131 Å². The highest BCUT2D eigenvalue weighted by atomic mass is 32.1. The van der Waals surface area contributed by atoms with Crippen LogP contribution in [0.15, 0.2) is 17.5 Å². The quantitative estimate of drug-likeness (QED) is 0.896. The Morgan fingerprint density at radius 1 is 1.14 bits per heavy atom. The fraction of sp³-hybridized carbons (Fsp3) is 0.500. The van der Waals surface area contributed by atoms with Gasteiger partial charge in [-0.2, -0.15) is 0 Å². The molecular weight excluding hydrogens is 278 g/mol. The van der Waals surface area contributed by atoms with Crippen LogP contribution in [0.2, 0.25) is 0 Å². The minimum absolute atomic E-state index is 0.0400. The van der Waals surface area contributed by atoms with Crippen molar-refractivity contribution in [2.45, 2.75) is 59.5 Å². The molecule has 1 heterocycles. The molecule has 1 aromatic heterocycles. The number of rotatable bonds is 3. The second-order valence-corrected chi connectivity index (χ2v) is 7.78. The fourth-order valence-corrected chi connectivity index (χ4v) is 3.57. The molecule has 0 aliphatic carbocycles. The summed E-state index contributed by atoms with van der Waals surface area (Å²) in [5, 5.41) is 13.6. The van der Waals surface area contributed by atoms with E-state index in [4.69, 9.17) is 0 Å². The lowest BCUT2D eigenvalue weighted by atomic mass is 9.94. The van der Waals surface area contributed by atoms with E-state index in [1.807, 2.05) is 5.38 Å². The van der Waals surface area contributed by atoms with Crippen LogP contribution in [0.5, 0.6) is 0 Å². The van der Waals surface area contributed by atoms with Gasteiger partial charge in [-0.15, -0.1) is 11.3 Å². The summed E-state index contributed by atoms with van der Waals surface area (Å²) in [6, 6.07) is 4.35. The van der Waals surface area contributed by atoms with Crippen molar-refractivity contribution in [1.82, 2.24) is 4.98 Å². The normalized spacial score (nSPS) is 13.5. The Morgan fingerprint density at radius 2 is 1.71 bits per heavy atom. The fourth-order valence-electron chi connectivity index (χ4n) is 2.61. The van der Waals surface area contributed by atoms with Gasteiger partial charge in [0.25, 0.3) is 0 Å². The molecule has 114 valence electrons. The van der Waals surface area contributed by atoms with Gasteiger partial charge in [0.1, 0.15) is 6.10 Å². The number of aliphatic hydroxyl groups is 1. The van der Waals surface area contributed by atoms with Gasteiger partial charge in [0, 0.05) is 17.2 Å². The maximum atomic E-state index is 10.5. The van der Waals surface area contributed by atoms with Crippen LogP contribution in [0.25, 0.3) is 0 Å². The lowest BCUT2D eigenvalue weighted by molar-refractivity contribution is 0.173. The number of nitrogens with zero attached hydrogens (tertiary/aromatic N) is 1. The van der Waals surface area contributed by atoms with Crippen LogP contribution in [0, 0.1) is 20.8 Å². The van der Waals surface area contributed by atoms with Crippen molar-refractivity contribution in [3.63, 3.8) is 0 Å². The number of aryl methyl sites for hydroxylation is 3. The molecule has 0 radical (unpaired) electrons. The molecule has 2 rings (SSSR count). The van der Waals surface area contributed by atoms with Crippen molar-refractivity contribution >= 4 is 11.3 Å². The molecule has 1 N–H and O–H groups in total. The van der Waals surface area contributed by atoms with Gasteiger partial charge in [-0.25, -0.2) is 4.98 Å². The minimum atomic E-state index is -0.530. The van der Waals surface area contributed by atoms with E-state index in [1.54, 1.807) is 11.3 Å². The van der Waals surface area contributed by atoms with Crippen molar-refractivity contribution in [3.05, 3.63) is 50.5 Å². The van der Waals surface area contributed by atoms with Crippen LogP contribution in [0.3, 0.4) is 0 Å². The highest BCUT2D eigenvalue weighted by molar-refractivity contribution is 7.09. The first-order valence-corrected chi connectivity index (χ1v) is 8.27. The molecule has 2 nitrogen and oxygen atoms in total. The summed E-state index contributed by atoms with van der Waals surface area (Å²) in [6.07, 6.45) is 0.100. The Hall–Kier alpha value is -1.19. The van der Waals surface area contributed by atoms with Crippen molar-refractivity contribution in [2.24, 2.45) is 0 Å². The summed E-state index contributed by atoms with van der Waals surface area (Å²) in [6.45, 7) is 12.8. The Morgan fingerprint density at radius 3 is 2.19 bits per heavy atom. The number of hydrogen-bond acceptors (Lipinski definition) is 3. The molecule has 3 heteroatoms. The van der Waals surface area contributed by atoms with E-state index < -0.39 is 6.10 Å². The molecule has 0 saturated carbocycles. The van der Waals surface area contributed by atoms with E-state index >= 15 is 0 Å². The van der Waals surface area contributed by atoms with E-state index in [0.29, 0.717) is 6.42 Å². The molecule has 2 aromatic rings. The van der Waals surface area contributed by atoms with Crippen LogP contribution in [-0.2, 0) is 11.8 Å². The van der Waals surface area contributed by atoms with Crippen LogP contribution in [-0.4, -0.2) is 10.1 Å². The van der Waals surface area contributed by atoms with Gasteiger partial charge in [0.05, 0.1) is 10.7 Å². The van der Waals surface area contributed by atoms with Crippen molar-refractivity contribution in [2.75, 3.05) is 0 Å². The highest BCUT2D eigenvalue weighted by Gasteiger charge is 2.21. The summed E-state index contributed by atoms with van der Waals surface area (Å²) in [7, 11) is 0. The topological polar surface area (TPSA) is 33.1 Å². The molecular formula is C18H25NOS. The third-order valence-corrected chi connectivity index (χ3v) is 5.03. The zero-order valence-corrected chi connectivity index (χ0v) is 14.6. The van der Waals surface area contributed by atoms with E-state index in [-0.39, 0.29) is 5.41 Å². The second-order valence-electron chi connectivity index (χ2n) is 6.92. The van der Waals surface area contributed by atoms with E-state index in [9.17, 15) is 5.11 Å². The zero-order chi connectivity index (χ0) is 15.8. The predicted molar refractivity (Wildman–Crippen MR) is 90.1 cm³/mol. The van der Waals surface area contributed by atoms with Crippen molar-refractivity contribution in [1.29, 1.82) is 0 Å². The minimum Gasteiger partial charge on any atom is -0.386 e. The molecule has 0 bridgehead atoms. The summed E-state index contributed by atoms with van der Waals surface area (Å²) < 4.78 is 0. The van der Waals surface area contributed by atoms with Gasteiger partial charge in [0.2, 0.25) is 0 Å². The maximum Gasteiger partial charge on any atom is 0.101 e. The van der Waals surface area contributed by atoms with E-state index in [0.717, 1.165) is 10.7 Å². The second kappa shape index (κ2) is 5.90. The first-order valence-electron chi connectivity index (χ1n) is 7.39. The zero-order valence-electron chi connectivity index (χ0n) is 13.8. The van der Waals surface area contributed by atoms with Gasteiger partial charge in [-0.05, 0) is 37.5 Å². The molecule has 0 aliphatic rings. The third-order valence-electron chi connectivity index (χ3n) is 3.74. The highest BCUT2D eigenvalue weighted by Crippen LogP contribution is 2.30. The maximum absolute atomic E-state index is 10.5. The average Bonchev–Trinajstić information content (AvgIpc) is 2.82. The predicted octanol–water partition coefficient (Wildman–Crippen LogP) is 4.64. The molecule has 0 saturated heterocycles. The van der Waals surface area contributed by atoms with Crippen LogP contribution in [0.1, 0.15) is 59.8 Å². The van der Waals surface area contributed by atoms with Gasteiger partial charge >= 0.3 is 0 Å². The first kappa shape index (κ1) is 16.2. The molecule has 0 fully saturated rings. The van der Waals surface area contributed by atoms with Crippen molar-refractivity contribution < 1.29 is 5.11 Å². The lowest BCUT2D eigenvalue weighted by Crippen LogP contribution is -2.12. The molecule has 0 amide bonds. The number of aromatic nitrogens is 1. The summed E-state index contributed by atoms with van der Waals surface area (Å²) in [5.74, 6) is 0. The molecule has 1 unspecified atom stereocenters. The van der Waals surface area contributed by atoms with Crippen molar-refractivity contribution in [3.8, 4) is 0 Å².